The average molecular weight is 779 g/mol. The molecule has 0 aliphatic carbocycles. The van der Waals surface area contributed by atoms with Gasteiger partial charge in [0.1, 0.15) is 13.2 Å². The molecule has 0 saturated carbocycles. The van der Waals surface area contributed by atoms with Gasteiger partial charge in [0, 0.05) is 19.3 Å². The lowest BCUT2D eigenvalue weighted by Crippen LogP contribution is -2.30. The predicted octanol–water partition coefficient (Wildman–Crippen LogP) is 15.6. The van der Waals surface area contributed by atoms with Crippen molar-refractivity contribution in [1.82, 2.24) is 0 Å². The fourth-order valence-electron chi connectivity index (χ4n) is 7.38. The molecule has 0 heterocycles. The van der Waals surface area contributed by atoms with Gasteiger partial charge in [0.15, 0.2) is 6.10 Å². The highest BCUT2D eigenvalue weighted by molar-refractivity contribution is 5.71. The second kappa shape index (κ2) is 45.1. The molecule has 1 atom stereocenters. The lowest BCUT2D eigenvalue weighted by molar-refractivity contribution is -0.167. The predicted molar refractivity (Wildman–Crippen MR) is 233 cm³/mol. The van der Waals surface area contributed by atoms with Crippen LogP contribution >= 0.6 is 0 Å². The number of carbonyl (C=O) groups excluding carboxylic acids is 3. The van der Waals surface area contributed by atoms with Crippen LogP contribution in [0.25, 0.3) is 0 Å². The van der Waals surface area contributed by atoms with E-state index in [2.05, 4.69) is 20.8 Å². The van der Waals surface area contributed by atoms with Crippen molar-refractivity contribution in [2.75, 3.05) is 13.2 Å². The minimum absolute atomic E-state index is 0.0623. The average Bonchev–Trinajstić information content (AvgIpc) is 3.18. The van der Waals surface area contributed by atoms with Crippen LogP contribution in [0.5, 0.6) is 0 Å². The van der Waals surface area contributed by atoms with E-state index >= 15 is 0 Å². The van der Waals surface area contributed by atoms with Gasteiger partial charge < -0.3 is 14.2 Å². The number of hydrogen-bond donors (Lipinski definition) is 0. The van der Waals surface area contributed by atoms with Crippen LogP contribution in [0.3, 0.4) is 0 Å². The van der Waals surface area contributed by atoms with Crippen molar-refractivity contribution in [3.63, 3.8) is 0 Å². The number of esters is 3. The van der Waals surface area contributed by atoms with Crippen LogP contribution in [0.2, 0.25) is 0 Å². The van der Waals surface area contributed by atoms with Gasteiger partial charge in [-0.25, -0.2) is 0 Å². The minimum atomic E-state index is -0.758. The summed E-state index contributed by atoms with van der Waals surface area (Å²) in [5, 5.41) is 0. The summed E-state index contributed by atoms with van der Waals surface area (Å²) in [4.78, 5) is 37.8. The van der Waals surface area contributed by atoms with Crippen molar-refractivity contribution in [2.24, 2.45) is 0 Å². The highest BCUT2D eigenvalue weighted by Gasteiger charge is 2.19. The maximum absolute atomic E-state index is 12.7. The van der Waals surface area contributed by atoms with Crippen molar-refractivity contribution in [2.45, 2.75) is 284 Å². The van der Waals surface area contributed by atoms with Gasteiger partial charge in [-0.1, -0.05) is 239 Å². The molecule has 0 fully saturated rings. The Balaban J connectivity index is 4.28. The van der Waals surface area contributed by atoms with Crippen molar-refractivity contribution in [1.29, 1.82) is 0 Å². The zero-order chi connectivity index (χ0) is 40.1. The molecule has 6 nitrogen and oxygen atoms in total. The van der Waals surface area contributed by atoms with E-state index < -0.39 is 6.10 Å². The summed E-state index contributed by atoms with van der Waals surface area (Å²) in [6, 6.07) is 0. The Bertz CT molecular complexity index is 813. The highest BCUT2D eigenvalue weighted by Crippen LogP contribution is 2.16. The van der Waals surface area contributed by atoms with Gasteiger partial charge in [0.2, 0.25) is 0 Å². The molecule has 0 rings (SSSR count). The van der Waals surface area contributed by atoms with E-state index in [4.69, 9.17) is 14.2 Å². The second-order valence-corrected chi connectivity index (χ2v) is 16.7. The monoisotopic (exact) mass is 779 g/mol. The van der Waals surface area contributed by atoms with Crippen LogP contribution in [-0.4, -0.2) is 37.2 Å². The van der Waals surface area contributed by atoms with Crippen LogP contribution in [0, 0.1) is 0 Å². The second-order valence-electron chi connectivity index (χ2n) is 16.7. The van der Waals surface area contributed by atoms with Crippen molar-refractivity contribution >= 4 is 17.9 Å². The molecule has 0 aliphatic rings. The van der Waals surface area contributed by atoms with E-state index in [1.165, 1.54) is 180 Å². The fourth-order valence-corrected chi connectivity index (χ4v) is 7.38. The van der Waals surface area contributed by atoms with Crippen molar-refractivity contribution in [3.05, 3.63) is 0 Å². The Labute approximate surface area is 342 Å². The molecule has 0 spiro atoms. The maximum atomic E-state index is 12.7. The van der Waals surface area contributed by atoms with Gasteiger partial charge in [-0.05, 0) is 19.3 Å². The molecule has 0 aromatic carbocycles. The van der Waals surface area contributed by atoms with Crippen LogP contribution in [-0.2, 0) is 28.6 Å². The number of carbonyl (C=O) groups is 3. The molecule has 0 radical (unpaired) electrons. The summed E-state index contributed by atoms with van der Waals surface area (Å²) >= 11 is 0. The molecule has 6 heteroatoms. The summed E-state index contributed by atoms with van der Waals surface area (Å²) in [6.45, 7) is 6.65. The van der Waals surface area contributed by atoms with E-state index in [1.807, 2.05) is 0 Å². The lowest BCUT2D eigenvalue weighted by atomic mass is 10.0. The van der Waals surface area contributed by atoms with Gasteiger partial charge >= 0.3 is 17.9 Å². The highest BCUT2D eigenvalue weighted by atomic mass is 16.6. The smallest absolute Gasteiger partial charge is 0.306 e. The topological polar surface area (TPSA) is 78.9 Å². The Morgan fingerprint density at radius 1 is 0.291 bits per heavy atom. The molecule has 55 heavy (non-hydrogen) atoms. The first-order chi connectivity index (χ1) is 27.0. The Kier molecular flexibility index (Phi) is 43.8. The first-order valence-electron chi connectivity index (χ1n) is 24.5. The number of hydrogen-bond acceptors (Lipinski definition) is 6. The molecular formula is C49H94O6. The molecule has 0 aromatic rings. The summed E-state index contributed by atoms with van der Waals surface area (Å²) < 4.78 is 16.7. The third kappa shape index (κ3) is 43.4. The first-order valence-corrected chi connectivity index (χ1v) is 24.5. The molecule has 326 valence electrons. The minimum Gasteiger partial charge on any atom is -0.462 e. The summed E-state index contributed by atoms with van der Waals surface area (Å²) in [5.74, 6) is -0.848. The molecule has 0 aromatic heterocycles. The third-order valence-electron chi connectivity index (χ3n) is 11.1. The van der Waals surface area contributed by atoms with Crippen LogP contribution in [0.4, 0.5) is 0 Å². The normalized spacial score (nSPS) is 11.8. The molecule has 0 aliphatic heterocycles. The fraction of sp³-hybridized carbons (Fsp3) is 0.939. The summed E-state index contributed by atoms with van der Waals surface area (Å²) in [7, 11) is 0. The van der Waals surface area contributed by atoms with Crippen LogP contribution < -0.4 is 0 Å². The molecule has 0 bridgehead atoms. The SMILES string of the molecule is CCCCCCCCCCCCCCCCCC(=O)O[C@@H](COC(=O)CCCCCCCCCCC)COC(=O)CCCCCCCCCCCCCCC. The molecular weight excluding hydrogens is 685 g/mol. The molecule has 0 N–H and O–H groups in total. The summed E-state index contributed by atoms with van der Waals surface area (Å²) in [6.07, 6.45) is 46.5. The zero-order valence-corrected chi connectivity index (χ0v) is 37.2. The largest absolute Gasteiger partial charge is 0.462 e. The summed E-state index contributed by atoms with van der Waals surface area (Å²) in [5.41, 5.74) is 0. The van der Waals surface area contributed by atoms with Gasteiger partial charge in [-0.3, -0.25) is 14.4 Å². The van der Waals surface area contributed by atoms with E-state index in [-0.39, 0.29) is 31.1 Å². The Morgan fingerprint density at radius 2 is 0.491 bits per heavy atom. The van der Waals surface area contributed by atoms with E-state index in [1.54, 1.807) is 0 Å². The Hall–Kier alpha value is -1.59. The van der Waals surface area contributed by atoms with Crippen LogP contribution in [0.1, 0.15) is 278 Å². The van der Waals surface area contributed by atoms with E-state index in [0.29, 0.717) is 19.3 Å². The lowest BCUT2D eigenvalue weighted by Gasteiger charge is -2.18. The zero-order valence-electron chi connectivity index (χ0n) is 37.2. The third-order valence-corrected chi connectivity index (χ3v) is 11.1. The quantitative estimate of drug-likeness (QED) is 0.0348. The first kappa shape index (κ1) is 53.4. The maximum Gasteiger partial charge on any atom is 0.306 e. The van der Waals surface area contributed by atoms with Gasteiger partial charge in [0.05, 0.1) is 0 Å². The van der Waals surface area contributed by atoms with Crippen molar-refractivity contribution < 1.29 is 28.6 Å². The van der Waals surface area contributed by atoms with Gasteiger partial charge in [-0.15, -0.1) is 0 Å². The van der Waals surface area contributed by atoms with Gasteiger partial charge in [-0.2, -0.15) is 0 Å². The molecule has 0 saturated heterocycles. The standard InChI is InChI=1S/C49H94O6/c1-4-7-10-13-16-19-21-23-24-26-28-31-34-37-40-43-49(52)55-46(44-53-47(50)41-38-35-32-29-18-15-12-9-6-3)45-54-48(51)42-39-36-33-30-27-25-22-20-17-14-11-8-5-2/h46H,4-45H2,1-3H3/t46-/m0/s1. The van der Waals surface area contributed by atoms with Crippen molar-refractivity contribution in [3.8, 4) is 0 Å². The van der Waals surface area contributed by atoms with Crippen LogP contribution in [0.15, 0.2) is 0 Å². The molecule has 0 unspecified atom stereocenters. The van der Waals surface area contributed by atoms with Gasteiger partial charge in [0.25, 0.3) is 0 Å². The number of ether oxygens (including phenoxy) is 3. The number of unbranched alkanes of at least 4 members (excludes halogenated alkanes) is 34. The van der Waals surface area contributed by atoms with E-state index in [0.717, 1.165) is 57.8 Å². The molecule has 0 amide bonds. The number of rotatable bonds is 45. The van der Waals surface area contributed by atoms with E-state index in [9.17, 15) is 14.4 Å². The Morgan fingerprint density at radius 3 is 0.727 bits per heavy atom.